The fraction of sp³-hybridized carbons (Fsp3) is 0.162. The summed E-state index contributed by atoms with van der Waals surface area (Å²) < 4.78 is 25.8. The Morgan fingerprint density at radius 3 is 1.38 bits per heavy atom. The summed E-state index contributed by atoms with van der Waals surface area (Å²) in [5.41, 5.74) is 20.1. The molecular formula is C74H62N6O3S2+2. The summed E-state index contributed by atoms with van der Waals surface area (Å²) in [5, 5.41) is 16.7. The quantitative estimate of drug-likeness (QED) is 0.162. The molecule has 85 heavy (non-hydrogen) atoms. The normalized spacial score (nSPS) is 12.8. The van der Waals surface area contributed by atoms with Gasteiger partial charge in [-0.25, -0.2) is 9.13 Å². The van der Waals surface area contributed by atoms with Crippen molar-refractivity contribution in [1.29, 1.82) is 0 Å². The number of thiophene rings is 2. The lowest BCUT2D eigenvalue weighted by Crippen LogP contribution is -2.31. The maximum Gasteiger partial charge on any atom is 0.287 e. The average Bonchev–Trinajstić information content (AvgIpc) is 4.57. The van der Waals surface area contributed by atoms with Gasteiger partial charge < -0.3 is 23.1 Å². The van der Waals surface area contributed by atoms with Crippen molar-refractivity contribution in [3.63, 3.8) is 0 Å². The van der Waals surface area contributed by atoms with Crippen LogP contribution < -0.4 is 14.0 Å². The Morgan fingerprint density at radius 1 is 0.482 bits per heavy atom. The highest BCUT2D eigenvalue weighted by atomic mass is 32.1. The van der Waals surface area contributed by atoms with Gasteiger partial charge in [-0.3, -0.25) is 0 Å². The second-order valence-electron chi connectivity index (χ2n) is 23.3. The molecule has 9 nitrogen and oxygen atoms in total. The number of hydrogen-bond acceptors (Lipinski definition) is 9. The molecule has 1 aliphatic heterocycles. The number of fused-ring (bicyclic) bond motifs is 14. The minimum atomic E-state index is 0.454. The van der Waals surface area contributed by atoms with E-state index in [1.54, 1.807) is 11.3 Å². The molecule has 0 bridgehead atoms. The van der Waals surface area contributed by atoms with Crippen LogP contribution in [0.1, 0.15) is 52.5 Å². The molecule has 0 unspecified atom stereocenters. The second kappa shape index (κ2) is 20.1. The van der Waals surface area contributed by atoms with Crippen molar-refractivity contribution in [2.45, 2.75) is 54.4 Å². The first kappa shape index (κ1) is 52.4. The largest absolute Gasteiger partial charge is 0.456 e. The lowest BCUT2D eigenvalue weighted by molar-refractivity contribution is -0.662. The summed E-state index contributed by atoms with van der Waals surface area (Å²) in [6, 6.07) is 51.8. The van der Waals surface area contributed by atoms with E-state index in [2.05, 4.69) is 252 Å². The van der Waals surface area contributed by atoms with E-state index in [1.807, 2.05) is 24.0 Å². The highest BCUT2D eigenvalue weighted by Gasteiger charge is 2.27. The molecule has 7 aromatic heterocycles. The van der Waals surface area contributed by atoms with E-state index in [1.165, 1.54) is 135 Å². The summed E-state index contributed by atoms with van der Waals surface area (Å²) in [4.78, 5) is 15.2. The first-order valence-electron chi connectivity index (χ1n) is 29.0. The van der Waals surface area contributed by atoms with Gasteiger partial charge in [-0.05, 0) is 161 Å². The van der Waals surface area contributed by atoms with Gasteiger partial charge in [0.25, 0.3) is 12.7 Å². The molecule has 0 N–H and O–H groups in total. The van der Waals surface area contributed by atoms with Crippen LogP contribution in [0.2, 0.25) is 0 Å². The molecule has 0 spiro atoms. The van der Waals surface area contributed by atoms with Crippen LogP contribution in [0.15, 0.2) is 189 Å². The minimum absolute atomic E-state index is 0.454. The van der Waals surface area contributed by atoms with Crippen LogP contribution in [0.25, 0.3) is 141 Å². The predicted molar refractivity (Wildman–Crippen MR) is 355 cm³/mol. The Balaban J connectivity index is 0.000000109. The number of rotatable bonds is 4. The Bertz CT molecular complexity index is 5460. The topological polar surface area (TPSA) is 79.4 Å². The average molecular weight is 1150 g/mol. The molecule has 1 aliphatic rings. The number of anilines is 1. The Kier molecular flexibility index (Phi) is 12.4. The third kappa shape index (κ3) is 8.53. The van der Waals surface area contributed by atoms with E-state index in [9.17, 15) is 0 Å². The fourth-order valence-electron chi connectivity index (χ4n) is 12.8. The lowest BCUT2D eigenvalue weighted by Gasteiger charge is -2.20. The number of hydrogen-bond donors (Lipinski definition) is 0. The molecule has 416 valence electrons. The van der Waals surface area contributed by atoms with E-state index in [0.29, 0.717) is 5.92 Å². The zero-order valence-corrected chi connectivity index (χ0v) is 50.9. The Hall–Kier alpha value is -9.42. The predicted octanol–water partition coefficient (Wildman–Crippen LogP) is 19.3. The monoisotopic (exact) mass is 1150 g/mol. The number of aromatic nitrogens is 4. The van der Waals surface area contributed by atoms with Crippen molar-refractivity contribution < 1.29 is 22.4 Å². The Morgan fingerprint density at radius 2 is 0.918 bits per heavy atom. The third-order valence-electron chi connectivity index (χ3n) is 17.6. The van der Waals surface area contributed by atoms with Gasteiger partial charge in [0.15, 0.2) is 11.4 Å². The van der Waals surface area contributed by atoms with E-state index < -0.39 is 0 Å². The van der Waals surface area contributed by atoms with Gasteiger partial charge in [-0.15, -0.1) is 22.7 Å². The van der Waals surface area contributed by atoms with Crippen LogP contribution in [-0.4, -0.2) is 28.6 Å². The van der Waals surface area contributed by atoms with Gasteiger partial charge in [-0.2, -0.15) is 0 Å². The van der Waals surface area contributed by atoms with Crippen LogP contribution in [0, 0.1) is 34.6 Å². The van der Waals surface area contributed by atoms with Crippen molar-refractivity contribution >= 4 is 147 Å². The van der Waals surface area contributed by atoms with Crippen LogP contribution in [0.4, 0.5) is 5.69 Å². The summed E-state index contributed by atoms with van der Waals surface area (Å²) in [7, 11) is 6.23. The molecule has 17 rings (SSSR count). The van der Waals surface area contributed by atoms with Crippen molar-refractivity contribution in [2.75, 3.05) is 18.6 Å². The second-order valence-corrected chi connectivity index (χ2v) is 25.4. The Labute approximate surface area is 499 Å². The van der Waals surface area contributed by atoms with Gasteiger partial charge in [0.2, 0.25) is 11.0 Å². The highest BCUT2D eigenvalue weighted by Crippen LogP contribution is 2.44. The molecule has 9 aromatic carbocycles. The molecule has 0 saturated heterocycles. The molecular weight excluding hydrogens is 1080 g/mol. The molecule has 0 amide bonds. The van der Waals surface area contributed by atoms with E-state index in [-0.39, 0.29) is 0 Å². The highest BCUT2D eigenvalue weighted by molar-refractivity contribution is 7.19. The zero-order valence-electron chi connectivity index (χ0n) is 49.3. The molecule has 0 atom stereocenters. The molecule has 0 aliphatic carbocycles. The summed E-state index contributed by atoms with van der Waals surface area (Å²) in [5.74, 6) is 0.454. The number of furan rings is 3. The fourth-order valence-corrected chi connectivity index (χ4v) is 15.3. The van der Waals surface area contributed by atoms with Crippen molar-refractivity contribution in [1.82, 2.24) is 14.9 Å². The standard InChI is InChI=1S/C27H23N2OS.C26H21N2OS.C21H18N2O/c1-15(2)22-13-31-27-24(22)28-14-29(4)25(27)19-9-10-20-21-11-17-7-5-6-8-18(17)12-23(21)30-26(20)16(19)3;1-14-16(3)30-26-23(14)27-13-28(4)24(26)19-9-10-20-21-11-17-7-5-6-8-18(17)12-22(21)29-25(20)15(19)2;1-14-19(23-10-9-22(2)13-23)8-7-17-18-11-15-5-3-4-6-16(15)12-20(18)24-21(14)17/h5-15H,1-4H3;5-13H,1-4H3;3-12H,13H2,1-2H3/q2*+1;. The molecule has 0 fully saturated rings. The lowest BCUT2D eigenvalue weighted by atomic mass is 9.99. The maximum atomic E-state index is 6.43. The number of benzene rings is 9. The van der Waals surface area contributed by atoms with Crippen molar-refractivity contribution in [3.05, 3.63) is 209 Å². The van der Waals surface area contributed by atoms with Gasteiger partial charge in [0, 0.05) is 101 Å². The smallest absolute Gasteiger partial charge is 0.287 e. The van der Waals surface area contributed by atoms with Crippen LogP contribution in [-0.2, 0) is 14.1 Å². The molecule has 8 heterocycles. The first-order valence-corrected chi connectivity index (χ1v) is 30.7. The molecule has 16 aromatic rings. The van der Waals surface area contributed by atoms with Crippen molar-refractivity contribution in [2.24, 2.45) is 14.1 Å². The number of aryl methyl sites for hydroxylation is 7. The SMILES string of the molecule is Cc1c(-c2c3scc(C(C)C)c3nc[n+]2C)ccc2c1oc1cc3ccccc3cc12.Cc1c(N2C=CN(C)C2)ccc2c1oc1cc3ccccc3cc12.Cc1sc2c(-c3ccc4c(oc5cc6ccccc6cc54)c3C)[n+](C)cnc2c1C. The van der Waals surface area contributed by atoms with Crippen LogP contribution in [0.3, 0.4) is 0 Å². The molecule has 0 saturated carbocycles. The summed E-state index contributed by atoms with van der Waals surface area (Å²) in [6.45, 7) is 16.1. The van der Waals surface area contributed by atoms with Crippen molar-refractivity contribution in [3.8, 4) is 22.5 Å². The zero-order chi connectivity index (χ0) is 58.1. The van der Waals surface area contributed by atoms with Gasteiger partial charge in [-0.1, -0.05) is 86.6 Å². The van der Waals surface area contributed by atoms with Crippen LogP contribution in [0.5, 0.6) is 0 Å². The van der Waals surface area contributed by atoms with E-state index in [4.69, 9.17) is 23.2 Å². The van der Waals surface area contributed by atoms with Crippen LogP contribution >= 0.6 is 22.7 Å². The van der Waals surface area contributed by atoms with Gasteiger partial charge in [0.1, 0.15) is 42.9 Å². The van der Waals surface area contributed by atoms with E-state index in [0.717, 1.165) is 51.2 Å². The minimum Gasteiger partial charge on any atom is -0.456 e. The van der Waals surface area contributed by atoms with E-state index >= 15 is 0 Å². The maximum absolute atomic E-state index is 6.43. The summed E-state index contributed by atoms with van der Waals surface area (Å²) >= 11 is 3.61. The van der Waals surface area contributed by atoms with Gasteiger partial charge in [0.05, 0.1) is 20.8 Å². The molecule has 11 heteroatoms. The third-order valence-corrected chi connectivity index (χ3v) is 19.8. The molecule has 0 radical (unpaired) electrons. The summed E-state index contributed by atoms with van der Waals surface area (Å²) in [6.07, 6.45) is 8.07. The first-order chi connectivity index (χ1) is 41.3. The number of nitrogens with zero attached hydrogens (tertiary/aromatic N) is 6. The van der Waals surface area contributed by atoms with Gasteiger partial charge >= 0.3 is 0 Å².